The lowest BCUT2D eigenvalue weighted by Gasteiger charge is -2.26. The number of nitrogens with zero attached hydrogens (tertiary/aromatic N) is 1. The van der Waals surface area contributed by atoms with Gasteiger partial charge < -0.3 is 13.9 Å². The van der Waals surface area contributed by atoms with Gasteiger partial charge in [-0.1, -0.05) is 43.5 Å². The molecule has 0 aliphatic carbocycles. The summed E-state index contributed by atoms with van der Waals surface area (Å²) in [5, 5.41) is 0.283. The van der Waals surface area contributed by atoms with E-state index in [9.17, 15) is 22.8 Å². The number of methoxy groups -OCH3 is 1. The lowest BCUT2D eigenvalue weighted by molar-refractivity contribution is -0.137. The van der Waals surface area contributed by atoms with Crippen molar-refractivity contribution in [3.63, 3.8) is 0 Å². The van der Waals surface area contributed by atoms with Gasteiger partial charge in [-0.3, -0.25) is 14.5 Å². The van der Waals surface area contributed by atoms with Crippen LogP contribution in [0.4, 0.5) is 18.9 Å². The van der Waals surface area contributed by atoms with Crippen molar-refractivity contribution in [2.75, 3.05) is 18.6 Å². The molecule has 1 unspecified atom stereocenters. The van der Waals surface area contributed by atoms with Crippen LogP contribution in [0.5, 0.6) is 11.5 Å². The van der Waals surface area contributed by atoms with E-state index >= 15 is 0 Å². The molecule has 1 aromatic heterocycles. The smallest absolute Gasteiger partial charge is 0.416 e. The van der Waals surface area contributed by atoms with Gasteiger partial charge in [0.05, 0.1) is 36.3 Å². The second-order valence-electron chi connectivity index (χ2n) is 9.77. The number of aryl methyl sites for hydroxylation is 1. The lowest BCUT2D eigenvalue weighted by Crippen LogP contribution is -2.29. The molecule has 9 heteroatoms. The Morgan fingerprint density at radius 2 is 1.77 bits per heavy atom. The number of benzene rings is 3. The molecule has 0 bridgehead atoms. The van der Waals surface area contributed by atoms with Crippen molar-refractivity contribution >= 4 is 22.6 Å². The van der Waals surface area contributed by atoms with Gasteiger partial charge in [0.15, 0.2) is 16.9 Å². The van der Waals surface area contributed by atoms with Gasteiger partial charge in [0.2, 0.25) is 5.76 Å². The highest BCUT2D eigenvalue weighted by atomic mass is 19.4. The molecule has 0 spiro atoms. The van der Waals surface area contributed by atoms with E-state index in [4.69, 9.17) is 13.9 Å². The second kappa shape index (κ2) is 10.7. The van der Waals surface area contributed by atoms with E-state index in [1.54, 1.807) is 36.4 Å². The minimum Gasteiger partial charge on any atom is -0.493 e. The van der Waals surface area contributed by atoms with Crippen molar-refractivity contribution in [3.05, 3.63) is 98.9 Å². The molecule has 4 aromatic rings. The number of hydrogen-bond donors (Lipinski definition) is 0. The quantitative estimate of drug-likeness (QED) is 0.213. The standard InChI is InChI=1S/C31H28F3NO5/c1-4-5-6-14-39-24-13-11-19(16-25(24)38-3)27-26-28(36)22-15-18(2)10-12-23(22)40-29(26)30(37)35(27)21-9-7-8-20(17-21)31(32,33)34/h7-13,15-17,27H,4-6,14H2,1-3H3. The Bertz CT molecular complexity index is 1640. The zero-order chi connectivity index (χ0) is 28.6. The van der Waals surface area contributed by atoms with Crippen molar-refractivity contribution in [1.82, 2.24) is 0 Å². The number of alkyl halides is 3. The number of rotatable bonds is 8. The second-order valence-corrected chi connectivity index (χ2v) is 9.77. The Morgan fingerprint density at radius 1 is 0.975 bits per heavy atom. The minimum atomic E-state index is -4.62. The maximum Gasteiger partial charge on any atom is 0.416 e. The highest BCUT2D eigenvalue weighted by molar-refractivity contribution is 6.10. The van der Waals surface area contributed by atoms with E-state index in [1.807, 2.05) is 6.92 Å². The van der Waals surface area contributed by atoms with E-state index in [2.05, 4.69) is 6.92 Å². The molecule has 0 N–H and O–H groups in total. The third-order valence-electron chi connectivity index (χ3n) is 6.99. The minimum absolute atomic E-state index is 0.0188. The Morgan fingerprint density at radius 3 is 2.50 bits per heavy atom. The Kier molecular flexibility index (Phi) is 7.31. The molecule has 0 fully saturated rings. The molecule has 0 saturated heterocycles. The molecular weight excluding hydrogens is 523 g/mol. The van der Waals surface area contributed by atoms with Crippen LogP contribution in [-0.2, 0) is 6.18 Å². The summed E-state index contributed by atoms with van der Waals surface area (Å²) in [6.45, 7) is 4.40. The Balaban J connectivity index is 1.69. The number of carbonyl (C=O) groups is 1. The van der Waals surface area contributed by atoms with Gasteiger partial charge in [-0.2, -0.15) is 13.2 Å². The molecule has 6 nitrogen and oxygen atoms in total. The first-order chi connectivity index (χ1) is 19.1. The van der Waals surface area contributed by atoms with Crippen molar-refractivity contribution < 1.29 is 31.9 Å². The molecule has 1 aliphatic rings. The van der Waals surface area contributed by atoms with E-state index in [0.717, 1.165) is 37.0 Å². The van der Waals surface area contributed by atoms with Crippen LogP contribution >= 0.6 is 0 Å². The van der Waals surface area contributed by atoms with Crippen LogP contribution in [-0.4, -0.2) is 19.6 Å². The number of carbonyl (C=O) groups excluding carboxylic acids is 1. The normalized spacial score (nSPS) is 15.0. The van der Waals surface area contributed by atoms with Gasteiger partial charge in [-0.15, -0.1) is 0 Å². The number of halogens is 3. The summed E-state index contributed by atoms with van der Waals surface area (Å²) in [4.78, 5) is 28.8. The fourth-order valence-electron chi connectivity index (χ4n) is 5.01. The molecule has 1 amide bonds. The number of hydrogen-bond acceptors (Lipinski definition) is 5. The summed E-state index contributed by atoms with van der Waals surface area (Å²) < 4.78 is 58.2. The highest BCUT2D eigenvalue weighted by Crippen LogP contribution is 2.44. The van der Waals surface area contributed by atoms with Crippen molar-refractivity contribution in [2.24, 2.45) is 0 Å². The molecule has 208 valence electrons. The van der Waals surface area contributed by atoms with Crippen LogP contribution in [0.1, 0.15) is 65.0 Å². The fraction of sp³-hybridized carbons (Fsp3) is 0.290. The monoisotopic (exact) mass is 551 g/mol. The highest BCUT2D eigenvalue weighted by Gasteiger charge is 2.44. The summed E-state index contributed by atoms with van der Waals surface area (Å²) >= 11 is 0. The average Bonchev–Trinajstić information content (AvgIpc) is 3.23. The lowest BCUT2D eigenvalue weighted by atomic mass is 9.97. The Labute approximate surface area is 228 Å². The average molecular weight is 552 g/mol. The van der Waals surface area contributed by atoms with Crippen LogP contribution < -0.4 is 19.8 Å². The predicted molar refractivity (Wildman–Crippen MR) is 145 cm³/mol. The van der Waals surface area contributed by atoms with Crippen LogP contribution in [0, 0.1) is 6.92 Å². The molecule has 1 aliphatic heterocycles. The number of amides is 1. The van der Waals surface area contributed by atoms with Gasteiger partial charge in [-0.25, -0.2) is 0 Å². The van der Waals surface area contributed by atoms with Crippen molar-refractivity contribution in [1.29, 1.82) is 0 Å². The maximum atomic E-state index is 13.9. The summed E-state index contributed by atoms with van der Waals surface area (Å²) in [7, 11) is 1.47. The van der Waals surface area contributed by atoms with E-state index in [-0.39, 0.29) is 28.0 Å². The molecule has 5 rings (SSSR count). The van der Waals surface area contributed by atoms with E-state index < -0.39 is 29.1 Å². The van der Waals surface area contributed by atoms with E-state index in [1.165, 1.54) is 24.1 Å². The SMILES string of the molecule is CCCCCOc1ccc(C2c3c(oc4ccc(C)cc4c3=O)C(=O)N2c2cccc(C(F)(F)F)c2)cc1OC. The number of anilines is 1. The van der Waals surface area contributed by atoms with Gasteiger partial charge in [0.25, 0.3) is 5.91 Å². The van der Waals surface area contributed by atoms with Gasteiger partial charge in [0.1, 0.15) is 5.58 Å². The van der Waals surface area contributed by atoms with Gasteiger partial charge >= 0.3 is 6.18 Å². The summed E-state index contributed by atoms with van der Waals surface area (Å²) in [5.41, 5.74) is 0.199. The number of ether oxygens (including phenoxy) is 2. The fourth-order valence-corrected chi connectivity index (χ4v) is 5.01. The van der Waals surface area contributed by atoms with Crippen molar-refractivity contribution in [3.8, 4) is 11.5 Å². The summed E-state index contributed by atoms with van der Waals surface area (Å²) in [6, 6.07) is 13.4. The van der Waals surface area contributed by atoms with Crippen LogP contribution in [0.25, 0.3) is 11.0 Å². The maximum absolute atomic E-state index is 13.9. The first-order valence-electron chi connectivity index (χ1n) is 13.0. The van der Waals surface area contributed by atoms with Crippen LogP contribution in [0.15, 0.2) is 69.9 Å². The molecule has 0 saturated carbocycles. The summed E-state index contributed by atoms with van der Waals surface area (Å²) in [6.07, 6.45) is -1.71. The zero-order valence-electron chi connectivity index (χ0n) is 22.3. The number of fused-ring (bicyclic) bond motifs is 2. The summed E-state index contributed by atoms with van der Waals surface area (Å²) in [5.74, 6) is -0.0565. The predicted octanol–water partition coefficient (Wildman–Crippen LogP) is 7.45. The number of unbranched alkanes of at least 4 members (excludes halogenated alkanes) is 2. The largest absolute Gasteiger partial charge is 0.493 e. The van der Waals surface area contributed by atoms with Crippen LogP contribution in [0.3, 0.4) is 0 Å². The zero-order valence-corrected chi connectivity index (χ0v) is 22.3. The molecular formula is C31H28F3NO5. The first-order valence-corrected chi connectivity index (χ1v) is 13.0. The Hall–Kier alpha value is -4.27. The molecule has 40 heavy (non-hydrogen) atoms. The first kappa shape index (κ1) is 27.3. The van der Waals surface area contributed by atoms with Gasteiger partial charge in [-0.05, 0) is 61.4 Å². The topological polar surface area (TPSA) is 69.0 Å². The molecule has 1 atom stereocenters. The van der Waals surface area contributed by atoms with Crippen LogP contribution in [0.2, 0.25) is 0 Å². The molecule has 2 heterocycles. The van der Waals surface area contributed by atoms with Gasteiger partial charge in [0, 0.05) is 5.69 Å². The third-order valence-corrected chi connectivity index (χ3v) is 6.99. The van der Waals surface area contributed by atoms with Crippen molar-refractivity contribution in [2.45, 2.75) is 45.3 Å². The molecule has 0 radical (unpaired) electrons. The molecule has 3 aromatic carbocycles. The third kappa shape index (κ3) is 4.92. The van der Waals surface area contributed by atoms with E-state index in [0.29, 0.717) is 23.7 Å².